The number of pyridine rings is 1. The summed E-state index contributed by atoms with van der Waals surface area (Å²) in [5.41, 5.74) is -1.33. The predicted octanol–water partition coefficient (Wildman–Crippen LogP) is 0.315. The Morgan fingerprint density at radius 3 is 2.85 bits per heavy atom. The van der Waals surface area contributed by atoms with Crippen molar-refractivity contribution in [2.24, 2.45) is 0 Å². The van der Waals surface area contributed by atoms with Crippen LogP contribution in [0, 0.1) is 0 Å². The summed E-state index contributed by atoms with van der Waals surface area (Å²) >= 11 is 1.52. The minimum absolute atomic E-state index is 0.0869. The summed E-state index contributed by atoms with van der Waals surface area (Å²) in [6.45, 7) is 0.244. The number of aliphatic carboxylic acids is 1. The van der Waals surface area contributed by atoms with Crippen molar-refractivity contribution in [3.8, 4) is 0 Å². The quantitative estimate of drug-likeness (QED) is 0.816. The van der Waals surface area contributed by atoms with Gasteiger partial charge in [0.2, 0.25) is 5.91 Å². The normalized spacial score (nSPS) is 21.6. The number of carboxylic acids is 1. The summed E-state index contributed by atoms with van der Waals surface area (Å²) in [5.74, 6) is -0.220. The lowest BCUT2D eigenvalue weighted by Gasteiger charge is -2.24. The smallest absolute Gasteiger partial charge is 0.330 e. The van der Waals surface area contributed by atoms with Gasteiger partial charge in [-0.25, -0.2) is 4.79 Å². The molecule has 0 aliphatic carbocycles. The maximum absolute atomic E-state index is 11.9. The van der Waals surface area contributed by atoms with Crippen LogP contribution in [-0.2, 0) is 16.1 Å². The summed E-state index contributed by atoms with van der Waals surface area (Å²) in [4.78, 5) is 34.7. The number of carbonyl (C=O) groups is 2. The Hall–Kier alpha value is -1.76. The van der Waals surface area contributed by atoms with E-state index < -0.39 is 11.5 Å². The minimum atomic E-state index is -1.15. The van der Waals surface area contributed by atoms with Crippen molar-refractivity contribution in [1.82, 2.24) is 9.88 Å². The predicted molar refractivity (Wildman–Crippen MR) is 75.8 cm³/mol. The highest BCUT2D eigenvalue weighted by Crippen LogP contribution is 2.28. The number of nitrogens with one attached hydrogen (secondary N) is 1. The number of amides is 1. The van der Waals surface area contributed by atoms with Crippen molar-refractivity contribution >= 4 is 23.6 Å². The molecule has 20 heavy (non-hydrogen) atoms. The monoisotopic (exact) mass is 296 g/mol. The second-order valence-corrected chi connectivity index (χ2v) is 5.83. The van der Waals surface area contributed by atoms with Gasteiger partial charge in [-0.3, -0.25) is 9.59 Å². The van der Waals surface area contributed by atoms with Gasteiger partial charge in [0, 0.05) is 31.0 Å². The lowest BCUT2D eigenvalue weighted by molar-refractivity contribution is -0.146. The third-order valence-electron chi connectivity index (χ3n) is 3.29. The van der Waals surface area contributed by atoms with Crippen LogP contribution in [0.4, 0.5) is 0 Å². The molecule has 1 aliphatic heterocycles. The average molecular weight is 296 g/mol. The zero-order chi connectivity index (χ0) is 14.6. The van der Waals surface area contributed by atoms with Crippen LogP contribution < -0.4 is 10.9 Å². The van der Waals surface area contributed by atoms with E-state index in [-0.39, 0.29) is 24.4 Å². The van der Waals surface area contributed by atoms with Gasteiger partial charge in [0.1, 0.15) is 5.54 Å². The zero-order valence-electron chi connectivity index (χ0n) is 10.9. The SMILES string of the molecule is O=C(CCn1ccccc1=O)N[C@@]1(C(=O)O)CCSC1. The van der Waals surface area contributed by atoms with E-state index in [1.54, 1.807) is 18.3 Å². The number of rotatable bonds is 5. The molecule has 0 saturated carbocycles. The molecule has 7 heteroatoms. The van der Waals surface area contributed by atoms with Gasteiger partial charge in [0.15, 0.2) is 0 Å². The first-order valence-corrected chi connectivity index (χ1v) is 7.47. The highest BCUT2D eigenvalue weighted by atomic mass is 32.2. The van der Waals surface area contributed by atoms with E-state index in [1.807, 2.05) is 0 Å². The molecule has 0 radical (unpaired) electrons. The standard InChI is InChI=1S/C13H16N2O4S/c16-10(4-7-15-6-2-1-3-11(15)17)14-13(12(18)19)5-8-20-9-13/h1-3,6H,4-5,7-9H2,(H,14,16)(H,18,19)/t13-/m0/s1. The molecule has 1 amide bonds. The Labute approximate surface area is 120 Å². The summed E-state index contributed by atoms with van der Waals surface area (Å²) in [6, 6.07) is 4.77. The van der Waals surface area contributed by atoms with E-state index in [0.29, 0.717) is 12.2 Å². The number of hydrogen-bond acceptors (Lipinski definition) is 4. The Morgan fingerprint density at radius 2 is 2.25 bits per heavy atom. The van der Waals surface area contributed by atoms with Gasteiger partial charge in [-0.2, -0.15) is 11.8 Å². The van der Waals surface area contributed by atoms with Crippen LogP contribution in [0.15, 0.2) is 29.2 Å². The van der Waals surface area contributed by atoms with Crippen LogP contribution in [0.1, 0.15) is 12.8 Å². The summed E-state index contributed by atoms with van der Waals surface area (Å²) < 4.78 is 1.43. The first-order chi connectivity index (χ1) is 9.53. The topological polar surface area (TPSA) is 88.4 Å². The molecular weight excluding hydrogens is 280 g/mol. The molecule has 1 fully saturated rings. The molecule has 2 heterocycles. The van der Waals surface area contributed by atoms with Gasteiger partial charge in [0.05, 0.1) is 0 Å². The molecule has 0 bridgehead atoms. The zero-order valence-corrected chi connectivity index (χ0v) is 11.7. The number of aryl methyl sites for hydroxylation is 1. The second kappa shape index (κ2) is 6.13. The minimum Gasteiger partial charge on any atom is -0.479 e. The molecule has 1 atom stereocenters. The Bertz CT molecular complexity index is 563. The van der Waals surface area contributed by atoms with Crippen LogP contribution in [0.2, 0.25) is 0 Å². The van der Waals surface area contributed by atoms with Crippen LogP contribution in [-0.4, -0.2) is 38.6 Å². The second-order valence-electron chi connectivity index (χ2n) is 4.72. The van der Waals surface area contributed by atoms with E-state index in [9.17, 15) is 19.5 Å². The number of carboxylic acid groups (broad SMARTS) is 1. The first-order valence-electron chi connectivity index (χ1n) is 6.31. The van der Waals surface area contributed by atoms with E-state index in [4.69, 9.17) is 0 Å². The molecule has 2 N–H and O–H groups in total. The maximum atomic E-state index is 11.9. The summed E-state index contributed by atoms with van der Waals surface area (Å²) in [5, 5.41) is 11.9. The molecule has 0 unspecified atom stereocenters. The molecule has 1 aromatic rings. The van der Waals surface area contributed by atoms with Crippen molar-refractivity contribution < 1.29 is 14.7 Å². The largest absolute Gasteiger partial charge is 0.479 e. The van der Waals surface area contributed by atoms with Gasteiger partial charge >= 0.3 is 5.97 Å². The summed E-state index contributed by atoms with van der Waals surface area (Å²) in [7, 11) is 0. The Balaban J connectivity index is 1.94. The third-order valence-corrected chi connectivity index (χ3v) is 4.48. The molecule has 2 rings (SSSR count). The lowest BCUT2D eigenvalue weighted by Crippen LogP contribution is -2.54. The van der Waals surface area contributed by atoms with Crippen LogP contribution in [0.25, 0.3) is 0 Å². The van der Waals surface area contributed by atoms with Crippen molar-refractivity contribution in [1.29, 1.82) is 0 Å². The number of carbonyl (C=O) groups excluding carboxylic acids is 1. The molecular formula is C13H16N2O4S. The highest BCUT2D eigenvalue weighted by Gasteiger charge is 2.43. The van der Waals surface area contributed by atoms with E-state index in [0.717, 1.165) is 5.75 Å². The van der Waals surface area contributed by atoms with Gasteiger partial charge < -0.3 is 15.0 Å². The van der Waals surface area contributed by atoms with Gasteiger partial charge in [-0.15, -0.1) is 0 Å². The van der Waals surface area contributed by atoms with Gasteiger partial charge in [-0.1, -0.05) is 6.07 Å². The molecule has 108 valence electrons. The summed E-state index contributed by atoms with van der Waals surface area (Å²) in [6.07, 6.45) is 2.13. The van der Waals surface area contributed by atoms with Gasteiger partial charge in [-0.05, 0) is 18.2 Å². The van der Waals surface area contributed by atoms with E-state index in [1.165, 1.54) is 22.4 Å². The fourth-order valence-electron chi connectivity index (χ4n) is 2.08. The van der Waals surface area contributed by atoms with Gasteiger partial charge in [0.25, 0.3) is 5.56 Å². The number of nitrogens with zero attached hydrogens (tertiary/aromatic N) is 1. The van der Waals surface area contributed by atoms with E-state index in [2.05, 4.69) is 5.32 Å². The molecule has 6 nitrogen and oxygen atoms in total. The van der Waals surface area contributed by atoms with Crippen molar-refractivity contribution in [3.63, 3.8) is 0 Å². The lowest BCUT2D eigenvalue weighted by atomic mass is 9.99. The fraction of sp³-hybridized carbons (Fsp3) is 0.462. The fourth-order valence-corrected chi connectivity index (χ4v) is 3.41. The van der Waals surface area contributed by atoms with Crippen LogP contribution in [0.5, 0.6) is 0 Å². The molecule has 0 spiro atoms. The molecule has 1 aliphatic rings. The van der Waals surface area contributed by atoms with Crippen LogP contribution >= 0.6 is 11.8 Å². The number of thioether (sulfide) groups is 1. The number of hydrogen-bond donors (Lipinski definition) is 2. The molecule has 1 saturated heterocycles. The van der Waals surface area contributed by atoms with Crippen molar-refractivity contribution in [2.45, 2.75) is 24.9 Å². The Kier molecular flexibility index (Phi) is 4.49. The first kappa shape index (κ1) is 14.6. The third kappa shape index (κ3) is 3.22. The number of aromatic nitrogens is 1. The van der Waals surface area contributed by atoms with Crippen molar-refractivity contribution in [3.05, 3.63) is 34.7 Å². The maximum Gasteiger partial charge on any atom is 0.330 e. The van der Waals surface area contributed by atoms with Crippen molar-refractivity contribution in [2.75, 3.05) is 11.5 Å². The highest BCUT2D eigenvalue weighted by molar-refractivity contribution is 7.99. The average Bonchev–Trinajstić information content (AvgIpc) is 2.88. The van der Waals surface area contributed by atoms with Crippen LogP contribution in [0.3, 0.4) is 0 Å². The van der Waals surface area contributed by atoms with E-state index >= 15 is 0 Å². The molecule has 1 aromatic heterocycles. The molecule has 0 aromatic carbocycles. The Morgan fingerprint density at radius 1 is 1.45 bits per heavy atom.